The topological polar surface area (TPSA) is 17.3 Å². The van der Waals surface area contributed by atoms with E-state index in [4.69, 9.17) is 11.6 Å². The second-order valence-corrected chi connectivity index (χ2v) is 4.42. The SMILES string of the molecule is Cc1nc(-c2ccc(Cl)cc2)n2ccccc12. The van der Waals surface area contributed by atoms with Gasteiger partial charge in [-0.3, -0.25) is 4.40 Å². The van der Waals surface area contributed by atoms with Crippen molar-refractivity contribution in [2.24, 2.45) is 0 Å². The van der Waals surface area contributed by atoms with Crippen molar-refractivity contribution in [1.82, 2.24) is 9.38 Å². The van der Waals surface area contributed by atoms with Crippen LogP contribution in [-0.4, -0.2) is 9.38 Å². The van der Waals surface area contributed by atoms with Crippen LogP contribution in [0.3, 0.4) is 0 Å². The predicted octanol–water partition coefficient (Wildman–Crippen LogP) is 3.96. The average Bonchev–Trinajstić information content (AvgIpc) is 2.69. The molecule has 0 aliphatic rings. The highest BCUT2D eigenvalue weighted by Crippen LogP contribution is 2.23. The molecule has 3 heteroatoms. The van der Waals surface area contributed by atoms with Crippen molar-refractivity contribution in [3.63, 3.8) is 0 Å². The van der Waals surface area contributed by atoms with Crippen molar-refractivity contribution < 1.29 is 0 Å². The van der Waals surface area contributed by atoms with Gasteiger partial charge in [-0.25, -0.2) is 4.98 Å². The second kappa shape index (κ2) is 3.90. The standard InChI is InChI=1S/C14H11ClN2/c1-10-13-4-2-3-9-17(13)14(16-10)11-5-7-12(15)8-6-11/h2-9H,1H3. The maximum Gasteiger partial charge on any atom is 0.144 e. The van der Waals surface area contributed by atoms with Crippen LogP contribution in [0.25, 0.3) is 16.9 Å². The largest absolute Gasteiger partial charge is 0.300 e. The van der Waals surface area contributed by atoms with Crippen molar-refractivity contribution in [1.29, 1.82) is 0 Å². The fraction of sp³-hybridized carbons (Fsp3) is 0.0714. The lowest BCUT2D eigenvalue weighted by molar-refractivity contribution is 1.16. The molecule has 0 aliphatic carbocycles. The lowest BCUT2D eigenvalue weighted by atomic mass is 10.2. The Morgan fingerprint density at radius 2 is 1.82 bits per heavy atom. The molecule has 3 aromatic rings. The summed E-state index contributed by atoms with van der Waals surface area (Å²) in [6, 6.07) is 13.9. The highest BCUT2D eigenvalue weighted by atomic mass is 35.5. The third-order valence-corrected chi connectivity index (χ3v) is 3.09. The summed E-state index contributed by atoms with van der Waals surface area (Å²) >= 11 is 5.90. The first-order valence-electron chi connectivity index (χ1n) is 5.45. The number of aryl methyl sites for hydroxylation is 1. The molecule has 2 heterocycles. The molecular weight excluding hydrogens is 232 g/mol. The van der Waals surface area contributed by atoms with E-state index < -0.39 is 0 Å². The zero-order valence-electron chi connectivity index (χ0n) is 9.39. The molecule has 0 radical (unpaired) electrons. The Balaban J connectivity index is 2.27. The van der Waals surface area contributed by atoms with Gasteiger partial charge in [0.2, 0.25) is 0 Å². The van der Waals surface area contributed by atoms with E-state index in [-0.39, 0.29) is 0 Å². The molecule has 0 atom stereocenters. The van der Waals surface area contributed by atoms with Gasteiger partial charge in [0.25, 0.3) is 0 Å². The average molecular weight is 243 g/mol. The van der Waals surface area contributed by atoms with E-state index >= 15 is 0 Å². The molecule has 2 nitrogen and oxygen atoms in total. The number of aromatic nitrogens is 2. The van der Waals surface area contributed by atoms with Crippen molar-refractivity contribution >= 4 is 17.1 Å². The first kappa shape index (κ1) is 10.4. The van der Waals surface area contributed by atoms with Crippen LogP contribution in [0, 0.1) is 6.92 Å². The summed E-state index contributed by atoms with van der Waals surface area (Å²) in [5.74, 6) is 0.953. The molecule has 0 bridgehead atoms. The monoisotopic (exact) mass is 242 g/mol. The number of pyridine rings is 1. The molecule has 1 aromatic carbocycles. The Morgan fingerprint density at radius 1 is 1.06 bits per heavy atom. The Labute approximate surface area is 104 Å². The quantitative estimate of drug-likeness (QED) is 0.631. The van der Waals surface area contributed by atoms with E-state index in [9.17, 15) is 0 Å². The fourth-order valence-corrected chi connectivity index (χ4v) is 2.12. The Kier molecular flexibility index (Phi) is 2.37. The highest BCUT2D eigenvalue weighted by molar-refractivity contribution is 6.30. The van der Waals surface area contributed by atoms with Crippen molar-refractivity contribution in [2.45, 2.75) is 6.92 Å². The van der Waals surface area contributed by atoms with Crippen LogP contribution in [0.1, 0.15) is 5.69 Å². The molecule has 84 valence electrons. The van der Waals surface area contributed by atoms with Crippen LogP contribution < -0.4 is 0 Å². The van der Waals surface area contributed by atoms with E-state index in [0.717, 1.165) is 27.6 Å². The smallest absolute Gasteiger partial charge is 0.144 e. The molecule has 0 unspecified atom stereocenters. The van der Waals surface area contributed by atoms with Crippen molar-refractivity contribution in [3.05, 3.63) is 59.4 Å². The van der Waals surface area contributed by atoms with Gasteiger partial charge in [-0.1, -0.05) is 17.7 Å². The zero-order valence-corrected chi connectivity index (χ0v) is 10.1. The third kappa shape index (κ3) is 1.71. The molecule has 0 saturated carbocycles. The molecule has 0 saturated heterocycles. The van der Waals surface area contributed by atoms with Crippen LogP contribution in [-0.2, 0) is 0 Å². The van der Waals surface area contributed by atoms with Crippen LogP contribution >= 0.6 is 11.6 Å². The van der Waals surface area contributed by atoms with Crippen LogP contribution in [0.15, 0.2) is 48.7 Å². The molecular formula is C14H11ClN2. The van der Waals surface area contributed by atoms with Gasteiger partial charge in [0, 0.05) is 16.8 Å². The minimum absolute atomic E-state index is 0.742. The maximum absolute atomic E-state index is 5.90. The van der Waals surface area contributed by atoms with E-state index in [1.54, 1.807) is 0 Å². The lowest BCUT2D eigenvalue weighted by Crippen LogP contribution is -1.87. The number of fused-ring (bicyclic) bond motifs is 1. The van der Waals surface area contributed by atoms with Gasteiger partial charge >= 0.3 is 0 Å². The molecule has 0 spiro atoms. The van der Waals surface area contributed by atoms with Crippen LogP contribution in [0.2, 0.25) is 5.02 Å². The summed E-state index contributed by atoms with van der Waals surface area (Å²) in [6.45, 7) is 2.02. The number of halogens is 1. The van der Waals surface area contributed by atoms with E-state index in [1.807, 2.05) is 49.5 Å². The summed E-state index contributed by atoms with van der Waals surface area (Å²) in [4.78, 5) is 4.61. The van der Waals surface area contributed by atoms with Gasteiger partial charge < -0.3 is 0 Å². The molecule has 17 heavy (non-hydrogen) atoms. The molecule has 0 N–H and O–H groups in total. The van der Waals surface area contributed by atoms with Gasteiger partial charge in [-0.15, -0.1) is 0 Å². The minimum Gasteiger partial charge on any atom is -0.300 e. The van der Waals surface area contributed by atoms with Gasteiger partial charge in [-0.05, 0) is 43.3 Å². The normalized spacial score (nSPS) is 10.9. The maximum atomic E-state index is 5.90. The number of rotatable bonds is 1. The van der Waals surface area contributed by atoms with E-state index in [2.05, 4.69) is 15.5 Å². The van der Waals surface area contributed by atoms with Gasteiger partial charge in [0.15, 0.2) is 0 Å². The van der Waals surface area contributed by atoms with Gasteiger partial charge in [0.05, 0.1) is 11.2 Å². The number of hydrogen-bond acceptors (Lipinski definition) is 1. The molecule has 3 rings (SSSR count). The Hall–Kier alpha value is -1.80. The number of imidazole rings is 1. The third-order valence-electron chi connectivity index (χ3n) is 2.83. The molecule has 2 aromatic heterocycles. The fourth-order valence-electron chi connectivity index (χ4n) is 2.00. The van der Waals surface area contributed by atoms with Crippen LogP contribution in [0.4, 0.5) is 0 Å². The van der Waals surface area contributed by atoms with E-state index in [0.29, 0.717) is 0 Å². The van der Waals surface area contributed by atoms with Crippen molar-refractivity contribution in [3.8, 4) is 11.4 Å². The summed E-state index contributed by atoms with van der Waals surface area (Å²) < 4.78 is 2.10. The number of nitrogens with zero attached hydrogens (tertiary/aromatic N) is 2. The number of hydrogen-bond donors (Lipinski definition) is 0. The van der Waals surface area contributed by atoms with Crippen LogP contribution in [0.5, 0.6) is 0 Å². The molecule has 0 aliphatic heterocycles. The highest BCUT2D eigenvalue weighted by Gasteiger charge is 2.08. The summed E-state index contributed by atoms with van der Waals surface area (Å²) in [5.41, 5.74) is 3.25. The lowest BCUT2D eigenvalue weighted by Gasteiger charge is -2.00. The summed E-state index contributed by atoms with van der Waals surface area (Å²) in [6.07, 6.45) is 2.03. The number of benzene rings is 1. The zero-order chi connectivity index (χ0) is 11.8. The molecule has 0 amide bonds. The van der Waals surface area contributed by atoms with Gasteiger partial charge in [0.1, 0.15) is 5.82 Å². The Morgan fingerprint density at radius 3 is 2.59 bits per heavy atom. The van der Waals surface area contributed by atoms with Crippen molar-refractivity contribution in [2.75, 3.05) is 0 Å². The first-order chi connectivity index (χ1) is 8.25. The Bertz CT molecular complexity index is 668. The first-order valence-corrected chi connectivity index (χ1v) is 5.83. The predicted molar refractivity (Wildman–Crippen MR) is 70.4 cm³/mol. The van der Waals surface area contributed by atoms with E-state index in [1.165, 1.54) is 0 Å². The summed E-state index contributed by atoms with van der Waals surface area (Å²) in [5, 5.41) is 0.742. The van der Waals surface area contributed by atoms with Gasteiger partial charge in [-0.2, -0.15) is 0 Å². The molecule has 0 fully saturated rings. The summed E-state index contributed by atoms with van der Waals surface area (Å²) in [7, 11) is 0. The second-order valence-electron chi connectivity index (χ2n) is 3.98. The minimum atomic E-state index is 0.742.